The minimum absolute atomic E-state index is 0.0566. The van der Waals surface area contributed by atoms with E-state index in [2.05, 4.69) is 0 Å². The highest BCUT2D eigenvalue weighted by Gasteiger charge is 2.38. The van der Waals surface area contributed by atoms with Crippen LogP contribution in [0.2, 0.25) is 0 Å². The molecule has 0 bridgehead atoms. The lowest BCUT2D eigenvalue weighted by atomic mass is 10.1. The molecule has 1 aliphatic rings. The van der Waals surface area contributed by atoms with Gasteiger partial charge in [-0.15, -0.1) is 0 Å². The molecule has 0 aromatic heterocycles. The molecule has 39 heavy (non-hydrogen) atoms. The van der Waals surface area contributed by atoms with Gasteiger partial charge in [-0.1, -0.05) is 65.7 Å². The quantitative estimate of drug-likeness (QED) is 0.291. The van der Waals surface area contributed by atoms with E-state index in [1.807, 2.05) is 0 Å². The minimum atomic E-state index is -4.64. The van der Waals surface area contributed by atoms with E-state index in [1.165, 1.54) is 48.5 Å². The standard InChI is InChI=1S/C28H23NO7S3/c1-20-8-13-25(14-9-20)37(30,31)29(38(32,33)26-15-10-21(2)11-16-26)24-12-17-27-23(18-24)19-28(39(34,35)36-27)22-6-4-3-5-7-22/h3-19H,1-2H3. The molecule has 1 aliphatic heterocycles. The molecular formula is C28H23NO7S3. The Morgan fingerprint density at radius 3 is 1.69 bits per heavy atom. The lowest BCUT2D eigenvalue weighted by Crippen LogP contribution is -2.37. The Morgan fingerprint density at radius 2 is 1.18 bits per heavy atom. The maximum absolute atomic E-state index is 13.9. The van der Waals surface area contributed by atoms with Gasteiger partial charge in [0.25, 0.3) is 20.0 Å². The van der Waals surface area contributed by atoms with Crippen molar-refractivity contribution in [2.24, 2.45) is 0 Å². The van der Waals surface area contributed by atoms with E-state index in [9.17, 15) is 25.3 Å². The molecule has 0 amide bonds. The van der Waals surface area contributed by atoms with Crippen molar-refractivity contribution in [2.75, 3.05) is 3.71 Å². The van der Waals surface area contributed by atoms with Crippen molar-refractivity contribution in [3.05, 3.63) is 119 Å². The van der Waals surface area contributed by atoms with Gasteiger partial charge < -0.3 is 4.18 Å². The number of hydrogen-bond donors (Lipinski definition) is 0. The number of hydrogen-bond acceptors (Lipinski definition) is 7. The Bertz CT molecular complexity index is 1840. The van der Waals surface area contributed by atoms with Gasteiger partial charge in [0.05, 0.1) is 15.5 Å². The first-order chi connectivity index (χ1) is 18.4. The SMILES string of the molecule is Cc1ccc(S(=O)(=O)N(c2ccc3c(c2)C=C(c2ccccc2)S(=O)(=O)O3)S(=O)(=O)c2ccc(C)cc2)cc1. The summed E-state index contributed by atoms with van der Waals surface area (Å²) in [5.74, 6) is -0.0566. The van der Waals surface area contributed by atoms with Gasteiger partial charge >= 0.3 is 10.1 Å². The summed E-state index contributed by atoms with van der Waals surface area (Å²) >= 11 is 0. The number of fused-ring (bicyclic) bond motifs is 1. The summed E-state index contributed by atoms with van der Waals surface area (Å²) in [4.78, 5) is -0.580. The molecule has 0 atom stereocenters. The number of aryl methyl sites for hydroxylation is 2. The maximum Gasteiger partial charge on any atom is 0.339 e. The summed E-state index contributed by atoms with van der Waals surface area (Å²) in [6, 6.07) is 23.6. The molecule has 11 heteroatoms. The Balaban J connectivity index is 1.73. The number of benzene rings is 4. The number of anilines is 1. The average Bonchev–Trinajstić information content (AvgIpc) is 2.89. The van der Waals surface area contributed by atoms with Gasteiger partial charge in [0, 0.05) is 5.56 Å². The molecule has 200 valence electrons. The molecule has 5 rings (SSSR count). The van der Waals surface area contributed by atoms with Crippen molar-refractivity contribution in [3.8, 4) is 5.75 Å². The minimum Gasteiger partial charge on any atom is -0.378 e. The predicted molar refractivity (Wildman–Crippen MR) is 150 cm³/mol. The molecule has 4 aromatic rings. The fourth-order valence-electron chi connectivity index (χ4n) is 4.06. The van der Waals surface area contributed by atoms with E-state index in [0.717, 1.165) is 11.1 Å². The average molecular weight is 582 g/mol. The van der Waals surface area contributed by atoms with Crippen molar-refractivity contribution < 1.29 is 29.4 Å². The lowest BCUT2D eigenvalue weighted by Gasteiger charge is -2.26. The molecule has 0 spiro atoms. The van der Waals surface area contributed by atoms with Crippen LogP contribution in [0, 0.1) is 13.8 Å². The van der Waals surface area contributed by atoms with Crippen LogP contribution in [0.4, 0.5) is 5.69 Å². The van der Waals surface area contributed by atoms with Crippen LogP contribution in [-0.2, 0) is 30.2 Å². The van der Waals surface area contributed by atoms with Crippen LogP contribution in [0.25, 0.3) is 11.0 Å². The van der Waals surface area contributed by atoms with Crippen LogP contribution in [0.3, 0.4) is 0 Å². The lowest BCUT2D eigenvalue weighted by molar-refractivity contribution is 0.496. The summed E-state index contributed by atoms with van der Waals surface area (Å²) in [5, 5.41) is 0. The van der Waals surface area contributed by atoms with Crippen LogP contribution in [0.15, 0.2) is 107 Å². The Hall–Kier alpha value is -3.93. The Morgan fingerprint density at radius 1 is 0.667 bits per heavy atom. The van der Waals surface area contributed by atoms with Gasteiger partial charge in [-0.2, -0.15) is 12.1 Å². The number of sulfonamides is 2. The van der Waals surface area contributed by atoms with Crippen LogP contribution < -0.4 is 7.89 Å². The third kappa shape index (κ3) is 4.96. The van der Waals surface area contributed by atoms with Gasteiger partial charge in [-0.25, -0.2) is 16.8 Å². The Kier molecular flexibility index (Phi) is 6.61. The molecular weight excluding hydrogens is 559 g/mol. The largest absolute Gasteiger partial charge is 0.378 e. The second kappa shape index (κ2) is 9.67. The van der Waals surface area contributed by atoms with Gasteiger partial charge in [-0.05, 0) is 68.0 Å². The highest BCUT2D eigenvalue weighted by Crippen LogP contribution is 2.40. The van der Waals surface area contributed by atoms with Crippen LogP contribution >= 0.6 is 0 Å². The van der Waals surface area contributed by atoms with Crippen molar-refractivity contribution in [3.63, 3.8) is 0 Å². The summed E-state index contributed by atoms with van der Waals surface area (Å²) in [5.41, 5.74) is 1.95. The van der Waals surface area contributed by atoms with Crippen molar-refractivity contribution in [1.29, 1.82) is 0 Å². The molecule has 0 radical (unpaired) electrons. The molecule has 0 aliphatic carbocycles. The highest BCUT2D eigenvalue weighted by atomic mass is 32.3. The van der Waals surface area contributed by atoms with E-state index in [0.29, 0.717) is 9.27 Å². The molecule has 0 saturated carbocycles. The van der Waals surface area contributed by atoms with E-state index < -0.39 is 30.2 Å². The van der Waals surface area contributed by atoms with Gasteiger partial charge in [0.15, 0.2) is 0 Å². The van der Waals surface area contributed by atoms with Crippen LogP contribution in [0.1, 0.15) is 22.3 Å². The smallest absolute Gasteiger partial charge is 0.339 e. The highest BCUT2D eigenvalue weighted by molar-refractivity contribution is 8.10. The Labute approximate surface area is 228 Å². The van der Waals surface area contributed by atoms with Crippen molar-refractivity contribution in [2.45, 2.75) is 23.6 Å². The summed E-state index contributed by atoms with van der Waals surface area (Å²) in [6.07, 6.45) is 1.34. The number of rotatable bonds is 6. The zero-order chi connectivity index (χ0) is 28.0. The fourth-order valence-corrected chi connectivity index (χ4v) is 8.91. The zero-order valence-electron chi connectivity index (χ0n) is 20.8. The normalized spacial score (nSPS) is 14.6. The second-order valence-corrected chi connectivity index (χ2v) is 14.3. The first-order valence-electron chi connectivity index (χ1n) is 11.7. The summed E-state index contributed by atoms with van der Waals surface area (Å²) in [7, 11) is -13.4. The maximum atomic E-state index is 13.9. The van der Waals surface area contributed by atoms with E-state index in [4.69, 9.17) is 4.18 Å². The summed E-state index contributed by atoms with van der Waals surface area (Å²) in [6.45, 7) is 3.57. The van der Waals surface area contributed by atoms with Gasteiger partial charge in [0.1, 0.15) is 10.7 Å². The van der Waals surface area contributed by atoms with Crippen molar-refractivity contribution in [1.82, 2.24) is 0 Å². The topological polar surface area (TPSA) is 115 Å². The first-order valence-corrected chi connectivity index (χ1v) is 16.0. The van der Waals surface area contributed by atoms with E-state index >= 15 is 0 Å². The molecule has 0 saturated heterocycles. The second-order valence-electron chi connectivity index (χ2n) is 8.97. The third-order valence-electron chi connectivity index (χ3n) is 6.09. The number of nitrogens with zero attached hydrogens (tertiary/aromatic N) is 1. The van der Waals surface area contributed by atoms with Gasteiger partial charge in [0.2, 0.25) is 0 Å². The fraction of sp³-hybridized carbons (Fsp3) is 0.0714. The van der Waals surface area contributed by atoms with Crippen LogP contribution in [-0.4, -0.2) is 25.3 Å². The summed E-state index contributed by atoms with van der Waals surface area (Å²) < 4.78 is 86.8. The molecule has 0 unspecified atom stereocenters. The van der Waals surface area contributed by atoms with Crippen LogP contribution in [0.5, 0.6) is 5.75 Å². The van der Waals surface area contributed by atoms with Gasteiger partial charge in [-0.3, -0.25) is 0 Å². The molecule has 1 heterocycles. The third-order valence-corrected chi connectivity index (χ3v) is 11.6. The van der Waals surface area contributed by atoms with E-state index in [1.54, 1.807) is 68.4 Å². The molecule has 4 aromatic carbocycles. The predicted octanol–water partition coefficient (Wildman–Crippen LogP) is 5.11. The zero-order valence-corrected chi connectivity index (χ0v) is 23.3. The van der Waals surface area contributed by atoms with Crippen molar-refractivity contribution >= 4 is 46.8 Å². The van der Waals surface area contributed by atoms with E-state index in [-0.39, 0.29) is 31.7 Å². The molecule has 8 nitrogen and oxygen atoms in total. The monoisotopic (exact) mass is 581 g/mol. The molecule has 0 N–H and O–H groups in total. The molecule has 0 fully saturated rings. The first kappa shape index (κ1) is 26.7.